The molecule has 14 heavy (non-hydrogen) atoms. The van der Waals surface area contributed by atoms with Gasteiger partial charge in [-0.05, 0) is 30.4 Å². The van der Waals surface area contributed by atoms with Crippen molar-refractivity contribution in [3.05, 3.63) is 35.4 Å². The van der Waals surface area contributed by atoms with Gasteiger partial charge >= 0.3 is 0 Å². The number of rotatable bonds is 2. The zero-order valence-electron chi connectivity index (χ0n) is 8.24. The average molecular weight is 188 g/mol. The van der Waals surface area contributed by atoms with Gasteiger partial charge in [0.1, 0.15) is 0 Å². The predicted molar refractivity (Wildman–Crippen MR) is 56.9 cm³/mol. The van der Waals surface area contributed by atoms with Crippen LogP contribution in [0.3, 0.4) is 0 Å². The number of nitrogens with two attached hydrogens (primary N) is 1. The number of nitrogens with one attached hydrogen (secondary N) is 1. The Labute approximate surface area is 84.5 Å². The molecular weight excluding hydrogens is 172 g/mol. The van der Waals surface area contributed by atoms with Crippen molar-refractivity contribution in [3.8, 4) is 0 Å². The van der Waals surface area contributed by atoms with Gasteiger partial charge in [-0.2, -0.15) is 0 Å². The highest BCUT2D eigenvalue weighted by atomic mass is 15.0. The van der Waals surface area contributed by atoms with E-state index in [1.807, 2.05) is 0 Å². The van der Waals surface area contributed by atoms with E-state index >= 15 is 0 Å². The molecule has 0 aliphatic heterocycles. The van der Waals surface area contributed by atoms with Crippen molar-refractivity contribution < 1.29 is 0 Å². The van der Waals surface area contributed by atoms with Crippen LogP contribution in [0.25, 0.3) is 0 Å². The minimum Gasteiger partial charge on any atom is -0.324 e. The second-order valence-electron chi connectivity index (χ2n) is 4.46. The largest absolute Gasteiger partial charge is 0.324 e. The van der Waals surface area contributed by atoms with Crippen LogP contribution in [0.15, 0.2) is 24.3 Å². The predicted octanol–water partition coefficient (Wildman–Crippen LogP) is 1.88. The number of hydrogen-bond acceptors (Lipinski definition) is 2. The zero-order valence-corrected chi connectivity index (χ0v) is 8.24. The van der Waals surface area contributed by atoms with E-state index in [1.165, 1.54) is 24.0 Å². The lowest BCUT2D eigenvalue weighted by molar-refractivity contribution is 0.496. The fourth-order valence-corrected chi connectivity index (χ4v) is 2.37. The van der Waals surface area contributed by atoms with E-state index < -0.39 is 0 Å². The van der Waals surface area contributed by atoms with Gasteiger partial charge in [0.25, 0.3) is 0 Å². The Morgan fingerprint density at radius 3 is 2.57 bits per heavy atom. The Bertz CT molecular complexity index is 342. The smallest absolute Gasteiger partial charge is 0.0344 e. The van der Waals surface area contributed by atoms with E-state index in [0.717, 1.165) is 12.5 Å². The highest BCUT2D eigenvalue weighted by Crippen LogP contribution is 2.38. The summed E-state index contributed by atoms with van der Waals surface area (Å²) in [5.41, 5.74) is 8.85. The summed E-state index contributed by atoms with van der Waals surface area (Å²) in [5, 5.41) is 3.66. The molecule has 1 aromatic rings. The lowest BCUT2D eigenvalue weighted by Gasteiger charge is -2.12. The van der Waals surface area contributed by atoms with Crippen LogP contribution in [-0.4, -0.2) is 6.04 Å². The molecule has 1 aromatic carbocycles. The second-order valence-corrected chi connectivity index (χ2v) is 4.46. The van der Waals surface area contributed by atoms with Gasteiger partial charge in [0.05, 0.1) is 0 Å². The van der Waals surface area contributed by atoms with Gasteiger partial charge in [-0.3, -0.25) is 0 Å². The van der Waals surface area contributed by atoms with Crippen LogP contribution in [0, 0.1) is 0 Å². The first-order valence-corrected chi connectivity index (χ1v) is 5.45. The Hall–Kier alpha value is -0.860. The van der Waals surface area contributed by atoms with E-state index in [1.54, 1.807) is 0 Å². The molecule has 0 saturated heterocycles. The van der Waals surface area contributed by atoms with Crippen LogP contribution in [0.2, 0.25) is 0 Å². The molecule has 0 radical (unpaired) electrons. The molecule has 74 valence electrons. The lowest BCUT2D eigenvalue weighted by atomic mass is 10.1. The third-order valence-corrected chi connectivity index (χ3v) is 3.27. The normalized spacial score (nSPS) is 30.4. The van der Waals surface area contributed by atoms with E-state index in [9.17, 15) is 0 Å². The summed E-state index contributed by atoms with van der Waals surface area (Å²) in [7, 11) is 0. The molecule has 0 aromatic heterocycles. The van der Waals surface area contributed by atoms with E-state index in [2.05, 4.69) is 29.6 Å². The highest BCUT2D eigenvalue weighted by Gasteiger charge is 2.32. The van der Waals surface area contributed by atoms with E-state index in [-0.39, 0.29) is 6.04 Å². The molecule has 2 aliphatic carbocycles. The molecule has 2 aliphatic rings. The number of fused-ring (bicyclic) bond motifs is 1. The minimum absolute atomic E-state index is 0.238. The maximum absolute atomic E-state index is 6.09. The Balaban J connectivity index is 1.88. The molecule has 1 fully saturated rings. The standard InChI is InChI=1S/C12H16N2/c13-11-7-12(14-8-5-6-8)10-4-2-1-3-9(10)11/h1-4,8,11-12,14H,5-7,13H2. The summed E-state index contributed by atoms with van der Waals surface area (Å²) < 4.78 is 0. The van der Waals surface area contributed by atoms with Gasteiger partial charge in [0, 0.05) is 18.1 Å². The van der Waals surface area contributed by atoms with Crippen LogP contribution in [0.4, 0.5) is 0 Å². The van der Waals surface area contributed by atoms with Crippen LogP contribution in [0.1, 0.15) is 42.5 Å². The summed E-state index contributed by atoms with van der Waals surface area (Å²) >= 11 is 0. The Kier molecular flexibility index (Phi) is 1.85. The molecule has 0 heterocycles. The topological polar surface area (TPSA) is 38.0 Å². The molecule has 1 saturated carbocycles. The highest BCUT2D eigenvalue weighted by molar-refractivity contribution is 5.37. The van der Waals surface area contributed by atoms with Crippen molar-refractivity contribution in [1.82, 2.24) is 5.32 Å². The van der Waals surface area contributed by atoms with Gasteiger partial charge in [-0.15, -0.1) is 0 Å². The van der Waals surface area contributed by atoms with Gasteiger partial charge in [0.15, 0.2) is 0 Å². The molecule has 2 nitrogen and oxygen atoms in total. The molecule has 2 unspecified atom stereocenters. The number of hydrogen-bond donors (Lipinski definition) is 2. The first-order valence-electron chi connectivity index (χ1n) is 5.45. The van der Waals surface area contributed by atoms with Gasteiger partial charge in [-0.25, -0.2) is 0 Å². The third-order valence-electron chi connectivity index (χ3n) is 3.27. The maximum atomic E-state index is 6.09. The average Bonchev–Trinajstić information content (AvgIpc) is 2.95. The van der Waals surface area contributed by atoms with Crippen molar-refractivity contribution in [1.29, 1.82) is 0 Å². The van der Waals surface area contributed by atoms with Gasteiger partial charge in [0.2, 0.25) is 0 Å². The zero-order chi connectivity index (χ0) is 9.54. The molecular formula is C12H16N2. The summed E-state index contributed by atoms with van der Waals surface area (Å²) in [6.45, 7) is 0. The second kappa shape index (κ2) is 3.07. The number of benzene rings is 1. The maximum Gasteiger partial charge on any atom is 0.0344 e. The first-order chi connectivity index (χ1) is 6.84. The first kappa shape index (κ1) is 8.45. The molecule has 2 atom stereocenters. The molecule has 0 amide bonds. The lowest BCUT2D eigenvalue weighted by Crippen LogP contribution is -2.21. The Morgan fingerprint density at radius 2 is 1.86 bits per heavy atom. The van der Waals surface area contributed by atoms with Crippen LogP contribution in [-0.2, 0) is 0 Å². The molecule has 3 N–H and O–H groups in total. The molecule has 2 heteroatoms. The van der Waals surface area contributed by atoms with Gasteiger partial charge < -0.3 is 11.1 Å². The van der Waals surface area contributed by atoms with Crippen LogP contribution >= 0.6 is 0 Å². The van der Waals surface area contributed by atoms with Crippen molar-refractivity contribution in [3.63, 3.8) is 0 Å². The summed E-state index contributed by atoms with van der Waals surface area (Å²) in [6, 6.07) is 10.1. The monoisotopic (exact) mass is 188 g/mol. The SMILES string of the molecule is NC1CC(NC2CC2)c2ccccc21. The molecule has 3 rings (SSSR count). The van der Waals surface area contributed by atoms with Crippen LogP contribution < -0.4 is 11.1 Å². The van der Waals surface area contributed by atoms with Gasteiger partial charge in [-0.1, -0.05) is 24.3 Å². The summed E-state index contributed by atoms with van der Waals surface area (Å²) in [6.07, 6.45) is 3.75. The molecule has 0 bridgehead atoms. The summed E-state index contributed by atoms with van der Waals surface area (Å²) in [5.74, 6) is 0. The summed E-state index contributed by atoms with van der Waals surface area (Å²) in [4.78, 5) is 0. The fourth-order valence-electron chi connectivity index (χ4n) is 2.37. The quantitative estimate of drug-likeness (QED) is 0.743. The van der Waals surface area contributed by atoms with Crippen molar-refractivity contribution in [2.24, 2.45) is 5.73 Å². The van der Waals surface area contributed by atoms with E-state index in [4.69, 9.17) is 5.73 Å². The van der Waals surface area contributed by atoms with Crippen LogP contribution in [0.5, 0.6) is 0 Å². The minimum atomic E-state index is 0.238. The van der Waals surface area contributed by atoms with Crippen molar-refractivity contribution in [2.45, 2.75) is 37.4 Å². The van der Waals surface area contributed by atoms with E-state index in [0.29, 0.717) is 6.04 Å². The Morgan fingerprint density at radius 1 is 1.14 bits per heavy atom. The van der Waals surface area contributed by atoms with Crippen molar-refractivity contribution >= 4 is 0 Å². The molecule has 0 spiro atoms. The van der Waals surface area contributed by atoms with Crippen molar-refractivity contribution in [2.75, 3.05) is 0 Å². The fraction of sp³-hybridized carbons (Fsp3) is 0.500. The third kappa shape index (κ3) is 1.35.